The third-order valence-electron chi connectivity index (χ3n) is 4.12. The molecule has 2 N–H and O–H groups in total. The Morgan fingerprint density at radius 3 is 2.42 bits per heavy atom. The highest BCUT2D eigenvalue weighted by Crippen LogP contribution is 2.16. The fourth-order valence-electron chi connectivity index (χ4n) is 2.58. The van der Waals surface area contributed by atoms with Crippen LogP contribution in [0.15, 0.2) is 76.3 Å². The Balaban J connectivity index is 1.65. The first kappa shape index (κ1) is 18.1. The van der Waals surface area contributed by atoms with Gasteiger partial charge in [0, 0.05) is 10.2 Å². The van der Waals surface area contributed by atoms with Crippen molar-refractivity contribution in [2.45, 2.75) is 19.9 Å². The van der Waals surface area contributed by atoms with Crippen LogP contribution < -0.4 is 10.7 Å². The molecule has 3 aromatic carbocycles. The summed E-state index contributed by atoms with van der Waals surface area (Å²) in [7, 11) is 0. The zero-order valence-electron chi connectivity index (χ0n) is 14.7. The van der Waals surface area contributed by atoms with E-state index in [-0.39, 0.29) is 5.91 Å². The van der Waals surface area contributed by atoms with Crippen molar-refractivity contribution in [3.05, 3.63) is 76.8 Å². The number of hydrogen-bond donors (Lipinski definition) is 2. The van der Waals surface area contributed by atoms with Crippen LogP contribution in [0.3, 0.4) is 0 Å². The predicted molar refractivity (Wildman–Crippen MR) is 112 cm³/mol. The van der Waals surface area contributed by atoms with Gasteiger partial charge in [-0.1, -0.05) is 52.3 Å². The normalized spacial score (nSPS) is 12.7. The first-order valence-corrected chi connectivity index (χ1v) is 9.17. The van der Waals surface area contributed by atoms with Crippen LogP contribution in [-0.4, -0.2) is 17.7 Å². The minimum Gasteiger partial charge on any atom is -0.374 e. The summed E-state index contributed by atoms with van der Waals surface area (Å²) in [4.78, 5) is 12.3. The summed E-state index contributed by atoms with van der Waals surface area (Å²) in [5.41, 5.74) is 5.27. The first-order valence-electron chi connectivity index (χ1n) is 8.38. The zero-order valence-corrected chi connectivity index (χ0v) is 16.2. The third-order valence-corrected chi connectivity index (χ3v) is 4.65. The van der Waals surface area contributed by atoms with Crippen LogP contribution in [0, 0.1) is 0 Å². The maximum atomic E-state index is 12.3. The van der Waals surface area contributed by atoms with E-state index < -0.39 is 6.04 Å². The highest BCUT2D eigenvalue weighted by atomic mass is 79.9. The molecule has 0 aliphatic carbocycles. The second-order valence-corrected chi connectivity index (χ2v) is 7.02. The molecule has 0 radical (unpaired) electrons. The molecule has 0 bridgehead atoms. The number of amides is 1. The largest absolute Gasteiger partial charge is 0.374 e. The fourth-order valence-corrected chi connectivity index (χ4v) is 2.84. The van der Waals surface area contributed by atoms with Crippen LogP contribution in [0.5, 0.6) is 0 Å². The van der Waals surface area contributed by atoms with Crippen LogP contribution >= 0.6 is 15.9 Å². The van der Waals surface area contributed by atoms with Gasteiger partial charge in [-0.3, -0.25) is 4.79 Å². The molecule has 0 fully saturated rings. The molecule has 132 valence electrons. The van der Waals surface area contributed by atoms with Crippen LogP contribution in [0.25, 0.3) is 10.8 Å². The van der Waals surface area contributed by atoms with Crippen LogP contribution in [0.2, 0.25) is 0 Å². The number of nitrogens with one attached hydrogen (secondary N) is 2. The van der Waals surface area contributed by atoms with Crippen molar-refractivity contribution in [3.8, 4) is 0 Å². The van der Waals surface area contributed by atoms with Crippen molar-refractivity contribution >= 4 is 44.0 Å². The SMILES string of the molecule is CC(=NNC(=O)C(C)Nc1ccc(Br)cc1)c1ccc2ccccc2c1. The summed E-state index contributed by atoms with van der Waals surface area (Å²) in [6.07, 6.45) is 0. The first-order chi connectivity index (χ1) is 12.5. The van der Waals surface area contributed by atoms with E-state index in [0.29, 0.717) is 0 Å². The molecular weight excluding hydrogens is 390 g/mol. The molecule has 3 aromatic rings. The van der Waals surface area contributed by atoms with Gasteiger partial charge >= 0.3 is 0 Å². The van der Waals surface area contributed by atoms with Gasteiger partial charge in [-0.2, -0.15) is 5.10 Å². The van der Waals surface area contributed by atoms with E-state index in [4.69, 9.17) is 0 Å². The Hall–Kier alpha value is -2.66. The molecule has 1 unspecified atom stereocenters. The number of fused-ring (bicyclic) bond motifs is 1. The van der Waals surface area contributed by atoms with Gasteiger partial charge in [-0.25, -0.2) is 5.43 Å². The highest BCUT2D eigenvalue weighted by molar-refractivity contribution is 9.10. The molecule has 0 spiro atoms. The smallest absolute Gasteiger partial charge is 0.262 e. The molecule has 4 nitrogen and oxygen atoms in total. The highest BCUT2D eigenvalue weighted by Gasteiger charge is 2.12. The number of hydrazone groups is 1. The molecule has 26 heavy (non-hydrogen) atoms. The average molecular weight is 410 g/mol. The minimum absolute atomic E-state index is 0.187. The van der Waals surface area contributed by atoms with Gasteiger partial charge in [0.1, 0.15) is 6.04 Å². The monoisotopic (exact) mass is 409 g/mol. The van der Waals surface area contributed by atoms with Crippen LogP contribution in [-0.2, 0) is 4.79 Å². The molecule has 3 rings (SSSR count). The van der Waals surface area contributed by atoms with Crippen molar-refractivity contribution in [3.63, 3.8) is 0 Å². The Labute approximate surface area is 161 Å². The van der Waals surface area contributed by atoms with Crippen LogP contribution in [0.1, 0.15) is 19.4 Å². The number of rotatable bonds is 5. The van der Waals surface area contributed by atoms with E-state index >= 15 is 0 Å². The Bertz CT molecular complexity index is 951. The second-order valence-electron chi connectivity index (χ2n) is 6.11. The van der Waals surface area contributed by atoms with Crippen molar-refractivity contribution < 1.29 is 4.79 Å². The second kappa shape index (κ2) is 8.15. The number of hydrogen-bond acceptors (Lipinski definition) is 3. The molecule has 5 heteroatoms. The molecule has 1 amide bonds. The lowest BCUT2D eigenvalue weighted by Gasteiger charge is -2.14. The quantitative estimate of drug-likeness (QED) is 0.462. The van der Waals surface area contributed by atoms with Crippen molar-refractivity contribution in [1.82, 2.24) is 5.43 Å². The predicted octanol–water partition coefficient (Wildman–Crippen LogP) is 4.94. The topological polar surface area (TPSA) is 53.5 Å². The number of carbonyl (C=O) groups is 1. The zero-order chi connectivity index (χ0) is 18.5. The molecule has 1 atom stereocenters. The van der Waals surface area contributed by atoms with Gasteiger partial charge in [-0.05, 0) is 60.5 Å². The Kier molecular flexibility index (Phi) is 5.68. The lowest BCUT2D eigenvalue weighted by atomic mass is 10.0. The Morgan fingerprint density at radius 2 is 1.69 bits per heavy atom. The van der Waals surface area contributed by atoms with Crippen molar-refractivity contribution in [2.24, 2.45) is 5.10 Å². The maximum absolute atomic E-state index is 12.3. The van der Waals surface area contributed by atoms with Gasteiger partial charge < -0.3 is 5.32 Å². The van der Waals surface area contributed by atoms with E-state index in [9.17, 15) is 4.79 Å². The average Bonchev–Trinajstić information content (AvgIpc) is 2.67. The standard InChI is InChI=1S/C21H20BrN3O/c1-14(17-8-7-16-5-3-4-6-18(16)13-17)24-25-21(26)15(2)23-20-11-9-19(22)10-12-20/h3-13,15,23H,1-2H3,(H,25,26). The number of carbonyl (C=O) groups excluding carboxylic acids is 1. The van der Waals surface area contributed by atoms with E-state index in [1.54, 1.807) is 6.92 Å². The van der Waals surface area contributed by atoms with Gasteiger partial charge in [0.25, 0.3) is 5.91 Å². The van der Waals surface area contributed by atoms with Gasteiger partial charge in [0.05, 0.1) is 5.71 Å². The molecule has 0 heterocycles. The van der Waals surface area contributed by atoms with E-state index in [2.05, 4.69) is 56.0 Å². The van der Waals surface area contributed by atoms with E-state index in [1.165, 1.54) is 5.39 Å². The van der Waals surface area contributed by atoms with E-state index in [1.807, 2.05) is 49.4 Å². The summed E-state index contributed by atoms with van der Waals surface area (Å²) in [6, 6.07) is 21.6. The number of anilines is 1. The lowest BCUT2D eigenvalue weighted by Crippen LogP contribution is -2.35. The summed E-state index contributed by atoms with van der Waals surface area (Å²) < 4.78 is 0.996. The molecule has 0 aliphatic rings. The molecule has 0 saturated heterocycles. The number of halogens is 1. The molecular formula is C21H20BrN3O. The number of nitrogens with zero attached hydrogens (tertiary/aromatic N) is 1. The van der Waals surface area contributed by atoms with E-state index in [0.717, 1.165) is 26.8 Å². The maximum Gasteiger partial charge on any atom is 0.262 e. The van der Waals surface area contributed by atoms with Crippen LogP contribution in [0.4, 0.5) is 5.69 Å². The van der Waals surface area contributed by atoms with Gasteiger partial charge in [0.15, 0.2) is 0 Å². The summed E-state index contributed by atoms with van der Waals surface area (Å²) in [5, 5.41) is 9.73. The van der Waals surface area contributed by atoms with Crippen molar-refractivity contribution in [2.75, 3.05) is 5.32 Å². The summed E-state index contributed by atoms with van der Waals surface area (Å²) >= 11 is 3.39. The van der Waals surface area contributed by atoms with Crippen molar-refractivity contribution in [1.29, 1.82) is 0 Å². The minimum atomic E-state index is -0.399. The molecule has 0 aliphatic heterocycles. The molecule has 0 saturated carbocycles. The number of benzene rings is 3. The fraction of sp³-hybridized carbons (Fsp3) is 0.143. The third kappa shape index (κ3) is 4.49. The summed E-state index contributed by atoms with van der Waals surface area (Å²) in [6.45, 7) is 3.69. The van der Waals surface area contributed by atoms with Gasteiger partial charge in [-0.15, -0.1) is 0 Å². The Morgan fingerprint density at radius 1 is 1.00 bits per heavy atom. The molecule has 0 aromatic heterocycles. The lowest BCUT2D eigenvalue weighted by molar-refractivity contribution is -0.121. The van der Waals surface area contributed by atoms with Gasteiger partial charge in [0.2, 0.25) is 0 Å². The summed E-state index contributed by atoms with van der Waals surface area (Å²) in [5.74, 6) is -0.187.